The Bertz CT molecular complexity index is 1090. The molecule has 0 aliphatic carbocycles. The zero-order valence-corrected chi connectivity index (χ0v) is 18.7. The first-order chi connectivity index (χ1) is 15.9. The third kappa shape index (κ3) is 6.38. The molecule has 1 aliphatic rings. The molecule has 12 nitrogen and oxygen atoms in total. The molecule has 0 unspecified atom stereocenters. The molecule has 4 rings (SSSR count). The Kier molecular flexibility index (Phi) is 7.73. The zero-order chi connectivity index (χ0) is 23.8. The fraction of sp³-hybridized carbons (Fsp3) is 0.333. The van der Waals surface area contributed by atoms with Crippen LogP contribution in [-0.4, -0.2) is 56.7 Å². The summed E-state index contributed by atoms with van der Waals surface area (Å²) >= 11 is 0. The van der Waals surface area contributed by atoms with Gasteiger partial charge in [-0.15, -0.1) is 0 Å². The second kappa shape index (κ2) is 10.9. The largest absolute Gasteiger partial charge is 0.387 e. The van der Waals surface area contributed by atoms with Gasteiger partial charge in [-0.2, -0.15) is 5.10 Å². The van der Waals surface area contributed by atoms with Crippen LogP contribution >= 0.6 is 0 Å². The lowest BCUT2D eigenvalue weighted by atomic mass is 10.1. The molecule has 33 heavy (non-hydrogen) atoms. The second-order valence-corrected chi connectivity index (χ2v) is 7.41. The number of anilines is 4. The maximum atomic E-state index is 11.6. The van der Waals surface area contributed by atoms with E-state index in [2.05, 4.69) is 35.6 Å². The number of primary amides is 2. The average Bonchev–Trinajstić information content (AvgIpc) is 3.24. The van der Waals surface area contributed by atoms with Crippen LogP contribution < -0.4 is 27.0 Å². The van der Waals surface area contributed by atoms with Gasteiger partial charge in [-0.25, -0.2) is 15.0 Å². The number of nitrogens with two attached hydrogens (primary N) is 2. The van der Waals surface area contributed by atoms with E-state index in [0.717, 1.165) is 43.1 Å². The Labute approximate surface area is 191 Å². The van der Waals surface area contributed by atoms with Crippen molar-refractivity contribution in [3.63, 3.8) is 0 Å². The molecule has 3 aromatic rings. The summed E-state index contributed by atoms with van der Waals surface area (Å²) in [6, 6.07) is 3.32. The van der Waals surface area contributed by atoms with Gasteiger partial charge in [-0.05, 0) is 31.4 Å². The van der Waals surface area contributed by atoms with Crippen LogP contribution in [0.1, 0.15) is 40.2 Å². The molecule has 0 saturated carbocycles. The smallest absolute Gasteiger partial charge is 0.271 e. The minimum Gasteiger partial charge on any atom is -0.387 e. The van der Waals surface area contributed by atoms with E-state index < -0.39 is 11.8 Å². The Balaban J connectivity index is 0.000000235. The Morgan fingerprint density at radius 3 is 2.27 bits per heavy atom. The quantitative estimate of drug-likeness (QED) is 0.430. The van der Waals surface area contributed by atoms with E-state index in [1.54, 1.807) is 48.6 Å². The molecule has 4 heterocycles. The van der Waals surface area contributed by atoms with Crippen LogP contribution in [0.4, 0.5) is 23.0 Å². The lowest BCUT2D eigenvalue weighted by molar-refractivity contribution is 0.0987. The molecule has 0 spiro atoms. The van der Waals surface area contributed by atoms with Gasteiger partial charge in [0.25, 0.3) is 11.8 Å². The Morgan fingerprint density at radius 2 is 1.73 bits per heavy atom. The van der Waals surface area contributed by atoms with Gasteiger partial charge in [0.2, 0.25) is 0 Å². The highest BCUT2D eigenvalue weighted by Crippen LogP contribution is 2.22. The highest BCUT2D eigenvalue weighted by Gasteiger charge is 2.18. The van der Waals surface area contributed by atoms with Crippen molar-refractivity contribution in [3.05, 3.63) is 48.3 Å². The summed E-state index contributed by atoms with van der Waals surface area (Å²) in [5.41, 5.74) is 12.4. The fourth-order valence-corrected chi connectivity index (χ4v) is 3.23. The van der Waals surface area contributed by atoms with Crippen molar-refractivity contribution in [2.24, 2.45) is 18.5 Å². The highest BCUT2D eigenvalue weighted by molar-refractivity contribution is 5.96. The SMILES string of the molecule is CNc1ccc(C(N)=O)nc1.Cn1cc(Nc2nc(N3CCCCC3)cnc2C(N)=O)cn1. The van der Waals surface area contributed by atoms with Crippen LogP contribution in [0.2, 0.25) is 0 Å². The van der Waals surface area contributed by atoms with Crippen molar-refractivity contribution in [3.8, 4) is 0 Å². The van der Waals surface area contributed by atoms with Crippen molar-refractivity contribution in [1.29, 1.82) is 0 Å². The number of nitrogens with one attached hydrogen (secondary N) is 2. The third-order valence-corrected chi connectivity index (χ3v) is 4.95. The number of hydrogen-bond donors (Lipinski definition) is 4. The lowest BCUT2D eigenvalue weighted by Gasteiger charge is -2.27. The molecule has 0 atom stereocenters. The summed E-state index contributed by atoms with van der Waals surface area (Å²) < 4.78 is 1.66. The molecule has 0 radical (unpaired) electrons. The van der Waals surface area contributed by atoms with E-state index in [9.17, 15) is 9.59 Å². The van der Waals surface area contributed by atoms with Gasteiger partial charge in [0.15, 0.2) is 11.5 Å². The number of amides is 2. The van der Waals surface area contributed by atoms with E-state index >= 15 is 0 Å². The van der Waals surface area contributed by atoms with Gasteiger partial charge in [-0.3, -0.25) is 14.3 Å². The number of pyridine rings is 1. The number of aromatic nitrogens is 5. The summed E-state index contributed by atoms with van der Waals surface area (Å²) in [5, 5.41) is 10.0. The molecule has 3 aromatic heterocycles. The van der Waals surface area contributed by atoms with Gasteiger partial charge in [0, 0.05) is 33.4 Å². The highest BCUT2D eigenvalue weighted by atomic mass is 16.1. The molecule has 6 N–H and O–H groups in total. The molecule has 174 valence electrons. The van der Waals surface area contributed by atoms with E-state index in [-0.39, 0.29) is 11.4 Å². The number of carbonyl (C=O) groups excluding carboxylic acids is 2. The summed E-state index contributed by atoms with van der Waals surface area (Å²) in [6.07, 6.45) is 10.1. The van der Waals surface area contributed by atoms with E-state index in [1.165, 1.54) is 6.42 Å². The predicted octanol–water partition coefficient (Wildman–Crippen LogP) is 1.27. The number of aryl methyl sites for hydroxylation is 1. The molecule has 1 saturated heterocycles. The standard InChI is InChI=1S/C14H19N7O.C7H9N3O/c1-20-9-10(7-17-20)18-14-12(13(15)22)16-8-11(19-14)21-5-3-2-4-6-21;1-9-5-2-3-6(7(8)11)10-4-5/h7-9H,2-6H2,1H3,(H2,15,22)(H,18,19);2-4,9H,1H3,(H2,8,11). The second-order valence-electron chi connectivity index (χ2n) is 7.41. The molecular formula is C21H28N10O2. The summed E-state index contributed by atoms with van der Waals surface area (Å²) in [6.45, 7) is 1.91. The van der Waals surface area contributed by atoms with E-state index in [0.29, 0.717) is 5.82 Å². The minimum absolute atomic E-state index is 0.129. The molecule has 1 aliphatic heterocycles. The predicted molar refractivity (Wildman–Crippen MR) is 125 cm³/mol. The number of hydrogen-bond acceptors (Lipinski definition) is 9. The molecule has 12 heteroatoms. The summed E-state index contributed by atoms with van der Waals surface area (Å²) in [7, 11) is 3.59. The van der Waals surface area contributed by atoms with Gasteiger partial charge < -0.3 is 27.0 Å². The maximum absolute atomic E-state index is 11.6. The molecule has 2 amide bonds. The molecule has 0 bridgehead atoms. The van der Waals surface area contributed by atoms with Crippen LogP contribution in [0, 0.1) is 0 Å². The van der Waals surface area contributed by atoms with Crippen LogP contribution in [-0.2, 0) is 7.05 Å². The first-order valence-corrected chi connectivity index (χ1v) is 10.5. The summed E-state index contributed by atoms with van der Waals surface area (Å²) in [5.74, 6) is 0.0106. The first-order valence-electron chi connectivity index (χ1n) is 10.5. The van der Waals surface area contributed by atoms with Crippen LogP contribution in [0.5, 0.6) is 0 Å². The lowest BCUT2D eigenvalue weighted by Crippen LogP contribution is -2.30. The Morgan fingerprint density at radius 1 is 0.970 bits per heavy atom. The Hall–Kier alpha value is -4.22. The minimum atomic E-state index is -0.607. The monoisotopic (exact) mass is 452 g/mol. The van der Waals surface area contributed by atoms with E-state index in [4.69, 9.17) is 11.5 Å². The van der Waals surface area contributed by atoms with Crippen molar-refractivity contribution in [2.45, 2.75) is 19.3 Å². The van der Waals surface area contributed by atoms with Crippen LogP contribution in [0.3, 0.4) is 0 Å². The molecule has 1 fully saturated rings. The number of nitrogens with zero attached hydrogens (tertiary/aromatic N) is 6. The molecule has 0 aromatic carbocycles. The zero-order valence-electron chi connectivity index (χ0n) is 18.7. The van der Waals surface area contributed by atoms with Crippen molar-refractivity contribution in [1.82, 2.24) is 24.7 Å². The number of piperidine rings is 1. The number of carbonyl (C=O) groups is 2. The van der Waals surface area contributed by atoms with Gasteiger partial charge in [-0.1, -0.05) is 0 Å². The average molecular weight is 453 g/mol. The van der Waals surface area contributed by atoms with Gasteiger partial charge in [0.05, 0.1) is 30.0 Å². The fourth-order valence-electron chi connectivity index (χ4n) is 3.23. The topological polar surface area (TPSA) is 170 Å². The molecular weight excluding hydrogens is 424 g/mol. The van der Waals surface area contributed by atoms with Crippen molar-refractivity contribution in [2.75, 3.05) is 35.7 Å². The number of rotatable bonds is 6. The van der Waals surface area contributed by atoms with Gasteiger partial charge in [0.1, 0.15) is 11.5 Å². The van der Waals surface area contributed by atoms with E-state index in [1.807, 2.05) is 7.05 Å². The van der Waals surface area contributed by atoms with Crippen molar-refractivity contribution >= 4 is 34.8 Å². The first kappa shape index (κ1) is 23.4. The third-order valence-electron chi connectivity index (χ3n) is 4.95. The maximum Gasteiger partial charge on any atom is 0.271 e. The van der Waals surface area contributed by atoms with Crippen molar-refractivity contribution < 1.29 is 9.59 Å². The van der Waals surface area contributed by atoms with Crippen LogP contribution in [0.15, 0.2) is 36.9 Å². The van der Waals surface area contributed by atoms with Crippen LogP contribution in [0.25, 0.3) is 0 Å². The summed E-state index contributed by atoms with van der Waals surface area (Å²) in [4.78, 5) is 36.8. The van der Waals surface area contributed by atoms with Gasteiger partial charge >= 0.3 is 0 Å². The normalized spacial score (nSPS) is 13.0.